The van der Waals surface area contributed by atoms with Crippen molar-refractivity contribution in [1.29, 1.82) is 0 Å². The van der Waals surface area contributed by atoms with Crippen molar-refractivity contribution in [2.45, 2.75) is 44.4 Å². The molecule has 1 aromatic rings. The Balaban J connectivity index is 2.14. The van der Waals surface area contributed by atoms with Gasteiger partial charge in [0.15, 0.2) is 0 Å². The molecule has 1 atom stereocenters. The van der Waals surface area contributed by atoms with Gasteiger partial charge in [-0.05, 0) is 36.5 Å². The van der Waals surface area contributed by atoms with Gasteiger partial charge >= 0.3 is 0 Å². The molecule has 1 aliphatic carbocycles. The molecular formula is C15H20ClF. The number of halogens is 2. The van der Waals surface area contributed by atoms with Crippen LogP contribution >= 0.6 is 11.6 Å². The summed E-state index contributed by atoms with van der Waals surface area (Å²) < 4.78 is 13.3. The van der Waals surface area contributed by atoms with E-state index >= 15 is 0 Å². The summed E-state index contributed by atoms with van der Waals surface area (Å²) in [7, 11) is 0. The summed E-state index contributed by atoms with van der Waals surface area (Å²) in [6, 6.07) is 6.96. The molecule has 0 amide bonds. The van der Waals surface area contributed by atoms with E-state index in [4.69, 9.17) is 11.6 Å². The standard InChI is InChI=1S/C15H20ClF/c16-11-15(12-6-3-1-2-4-7-12)13-8-5-9-14(17)10-13/h5,8-10,12,15H,1-4,6-7,11H2. The van der Waals surface area contributed by atoms with Crippen LogP contribution in [0.3, 0.4) is 0 Å². The Morgan fingerprint density at radius 2 is 1.88 bits per heavy atom. The Hall–Kier alpha value is -0.560. The zero-order valence-electron chi connectivity index (χ0n) is 10.2. The molecule has 0 spiro atoms. The van der Waals surface area contributed by atoms with Crippen molar-refractivity contribution in [3.63, 3.8) is 0 Å². The third-order valence-corrected chi connectivity index (χ3v) is 4.24. The van der Waals surface area contributed by atoms with Gasteiger partial charge in [0.2, 0.25) is 0 Å². The SMILES string of the molecule is Fc1cccc(C(CCl)C2CCCCCC2)c1. The summed E-state index contributed by atoms with van der Waals surface area (Å²) in [5.41, 5.74) is 1.08. The molecule has 0 heterocycles. The second kappa shape index (κ2) is 6.39. The van der Waals surface area contributed by atoms with Gasteiger partial charge in [0.1, 0.15) is 5.82 Å². The summed E-state index contributed by atoms with van der Waals surface area (Å²) >= 11 is 6.12. The first-order valence-electron chi connectivity index (χ1n) is 6.62. The Morgan fingerprint density at radius 1 is 1.18 bits per heavy atom. The van der Waals surface area contributed by atoms with E-state index in [-0.39, 0.29) is 5.82 Å². The normalized spacial score (nSPS) is 19.9. The van der Waals surface area contributed by atoms with Crippen molar-refractivity contribution in [2.75, 3.05) is 5.88 Å². The van der Waals surface area contributed by atoms with Crippen LogP contribution in [0.15, 0.2) is 24.3 Å². The molecule has 1 aliphatic rings. The van der Waals surface area contributed by atoms with Crippen LogP contribution in [0.2, 0.25) is 0 Å². The molecule has 1 unspecified atom stereocenters. The Morgan fingerprint density at radius 3 is 2.47 bits per heavy atom. The molecule has 94 valence electrons. The molecule has 0 saturated heterocycles. The molecule has 1 aromatic carbocycles. The lowest BCUT2D eigenvalue weighted by atomic mass is 9.82. The minimum atomic E-state index is -0.147. The topological polar surface area (TPSA) is 0 Å². The van der Waals surface area contributed by atoms with Crippen LogP contribution in [-0.2, 0) is 0 Å². The molecule has 0 bridgehead atoms. The van der Waals surface area contributed by atoms with Crippen LogP contribution in [0.1, 0.15) is 50.0 Å². The zero-order chi connectivity index (χ0) is 12.1. The molecular weight excluding hydrogens is 235 g/mol. The van der Waals surface area contributed by atoms with Gasteiger partial charge in [0.05, 0.1) is 0 Å². The number of hydrogen-bond donors (Lipinski definition) is 0. The van der Waals surface area contributed by atoms with Crippen LogP contribution < -0.4 is 0 Å². The second-order valence-corrected chi connectivity index (χ2v) is 5.38. The van der Waals surface area contributed by atoms with Gasteiger partial charge in [0, 0.05) is 11.8 Å². The van der Waals surface area contributed by atoms with E-state index in [9.17, 15) is 4.39 Å². The second-order valence-electron chi connectivity index (χ2n) is 5.07. The molecule has 17 heavy (non-hydrogen) atoms. The van der Waals surface area contributed by atoms with Gasteiger partial charge < -0.3 is 0 Å². The predicted octanol–water partition coefficient (Wildman–Crippen LogP) is 5.12. The Kier molecular flexibility index (Phi) is 4.85. The third kappa shape index (κ3) is 3.45. The number of rotatable bonds is 3. The van der Waals surface area contributed by atoms with E-state index in [0.717, 1.165) is 5.56 Å². The van der Waals surface area contributed by atoms with E-state index in [1.807, 2.05) is 6.07 Å². The summed E-state index contributed by atoms with van der Waals surface area (Å²) in [5, 5.41) is 0. The quantitative estimate of drug-likeness (QED) is 0.519. The van der Waals surface area contributed by atoms with Gasteiger partial charge in [-0.1, -0.05) is 37.8 Å². The summed E-state index contributed by atoms with van der Waals surface area (Å²) in [6.07, 6.45) is 7.77. The maximum absolute atomic E-state index is 13.3. The molecule has 2 heteroatoms. The highest BCUT2D eigenvalue weighted by Gasteiger charge is 2.23. The highest BCUT2D eigenvalue weighted by atomic mass is 35.5. The molecule has 0 N–H and O–H groups in total. The first kappa shape index (κ1) is 12.9. The molecule has 1 fully saturated rings. The number of benzene rings is 1. The van der Waals surface area contributed by atoms with Crippen LogP contribution in [0.5, 0.6) is 0 Å². The fraction of sp³-hybridized carbons (Fsp3) is 0.600. The summed E-state index contributed by atoms with van der Waals surface area (Å²) in [5.74, 6) is 1.42. The third-order valence-electron chi connectivity index (χ3n) is 3.91. The fourth-order valence-electron chi connectivity index (χ4n) is 2.94. The molecule has 0 radical (unpaired) electrons. The lowest BCUT2D eigenvalue weighted by Crippen LogP contribution is -2.14. The number of hydrogen-bond acceptors (Lipinski definition) is 0. The molecule has 0 aromatic heterocycles. The zero-order valence-corrected chi connectivity index (χ0v) is 10.9. The largest absolute Gasteiger partial charge is 0.207 e. The smallest absolute Gasteiger partial charge is 0.123 e. The molecule has 2 rings (SSSR count). The van der Waals surface area contributed by atoms with Gasteiger partial charge in [-0.2, -0.15) is 0 Å². The summed E-state index contributed by atoms with van der Waals surface area (Å²) in [6.45, 7) is 0. The lowest BCUT2D eigenvalue weighted by molar-refractivity contribution is 0.396. The van der Waals surface area contributed by atoms with E-state index in [2.05, 4.69) is 0 Å². The maximum Gasteiger partial charge on any atom is 0.123 e. The average molecular weight is 255 g/mol. The monoisotopic (exact) mass is 254 g/mol. The predicted molar refractivity (Wildman–Crippen MR) is 71.1 cm³/mol. The Bertz CT molecular complexity index is 343. The maximum atomic E-state index is 13.3. The van der Waals surface area contributed by atoms with Crippen molar-refractivity contribution >= 4 is 11.6 Å². The summed E-state index contributed by atoms with van der Waals surface area (Å²) in [4.78, 5) is 0. The van der Waals surface area contributed by atoms with Crippen LogP contribution in [0, 0.1) is 11.7 Å². The van der Waals surface area contributed by atoms with Crippen molar-refractivity contribution in [3.8, 4) is 0 Å². The first-order valence-corrected chi connectivity index (χ1v) is 7.16. The minimum Gasteiger partial charge on any atom is -0.207 e. The first-order chi connectivity index (χ1) is 8.31. The highest BCUT2D eigenvalue weighted by Crippen LogP contribution is 2.36. The van der Waals surface area contributed by atoms with Crippen LogP contribution in [0.25, 0.3) is 0 Å². The molecule has 1 saturated carbocycles. The fourth-order valence-corrected chi connectivity index (χ4v) is 3.37. The lowest BCUT2D eigenvalue weighted by Gasteiger charge is -2.24. The van der Waals surface area contributed by atoms with Crippen LogP contribution in [0.4, 0.5) is 4.39 Å². The van der Waals surface area contributed by atoms with Gasteiger partial charge in [-0.3, -0.25) is 0 Å². The average Bonchev–Trinajstić information content (AvgIpc) is 2.59. The molecule has 0 aliphatic heterocycles. The van der Waals surface area contributed by atoms with Gasteiger partial charge in [-0.15, -0.1) is 11.6 Å². The van der Waals surface area contributed by atoms with Gasteiger partial charge in [0.25, 0.3) is 0 Å². The van der Waals surface area contributed by atoms with Gasteiger partial charge in [-0.25, -0.2) is 4.39 Å². The van der Waals surface area contributed by atoms with E-state index < -0.39 is 0 Å². The van der Waals surface area contributed by atoms with E-state index in [1.54, 1.807) is 12.1 Å². The van der Waals surface area contributed by atoms with Crippen molar-refractivity contribution < 1.29 is 4.39 Å². The van der Waals surface area contributed by atoms with E-state index in [1.165, 1.54) is 44.6 Å². The minimum absolute atomic E-state index is 0.147. The van der Waals surface area contributed by atoms with Crippen LogP contribution in [-0.4, -0.2) is 5.88 Å². The molecule has 0 nitrogen and oxygen atoms in total. The van der Waals surface area contributed by atoms with Crippen molar-refractivity contribution in [3.05, 3.63) is 35.6 Å². The number of alkyl halides is 1. The van der Waals surface area contributed by atoms with Crippen molar-refractivity contribution in [2.24, 2.45) is 5.92 Å². The van der Waals surface area contributed by atoms with E-state index in [0.29, 0.717) is 17.7 Å². The highest BCUT2D eigenvalue weighted by molar-refractivity contribution is 6.18. The Labute approximate surface area is 108 Å². The van der Waals surface area contributed by atoms with Crippen molar-refractivity contribution in [1.82, 2.24) is 0 Å².